The molecule has 0 unspecified atom stereocenters. The molecular weight excluding hydrogens is 236 g/mol. The number of hydrogen-bond acceptors (Lipinski definition) is 0. The van der Waals surface area contributed by atoms with Gasteiger partial charge in [0.25, 0.3) is 0 Å². The maximum atomic E-state index is 3.85. The van der Waals surface area contributed by atoms with E-state index in [-0.39, 0.29) is 0 Å². The van der Waals surface area contributed by atoms with Gasteiger partial charge in [0, 0.05) is 4.47 Å². The second-order valence-corrected chi connectivity index (χ2v) is 4.86. The number of aryl methyl sites for hydroxylation is 1. The molecule has 0 bridgehead atoms. The van der Waals surface area contributed by atoms with E-state index in [1.807, 2.05) is 6.08 Å². The lowest BCUT2D eigenvalue weighted by molar-refractivity contribution is 0.644. The van der Waals surface area contributed by atoms with Crippen LogP contribution in [0.25, 0.3) is 6.08 Å². The highest BCUT2D eigenvalue weighted by Gasteiger charge is 2.08. The molecule has 0 aliphatic rings. The minimum absolute atomic E-state index is 0.673. The molecule has 1 aromatic rings. The van der Waals surface area contributed by atoms with E-state index < -0.39 is 0 Å². The fourth-order valence-corrected chi connectivity index (χ4v) is 2.08. The van der Waals surface area contributed by atoms with Gasteiger partial charge in [-0.1, -0.05) is 54.6 Å². The zero-order valence-electron chi connectivity index (χ0n) is 9.10. The second kappa shape index (κ2) is 4.79. The fourth-order valence-electron chi connectivity index (χ4n) is 1.56. The van der Waals surface area contributed by atoms with Crippen molar-refractivity contribution in [3.8, 4) is 0 Å². The zero-order chi connectivity index (χ0) is 10.7. The fraction of sp³-hybridized carbons (Fsp3) is 0.385. The summed E-state index contributed by atoms with van der Waals surface area (Å²) in [5.74, 6) is 0.673. The van der Waals surface area contributed by atoms with E-state index >= 15 is 0 Å². The van der Waals surface area contributed by atoms with E-state index in [4.69, 9.17) is 0 Å². The first-order chi connectivity index (χ1) is 6.56. The summed E-state index contributed by atoms with van der Waals surface area (Å²) in [4.78, 5) is 0. The van der Waals surface area contributed by atoms with E-state index in [2.05, 4.69) is 55.4 Å². The first-order valence-corrected chi connectivity index (χ1v) is 5.76. The van der Waals surface area contributed by atoms with Crippen LogP contribution in [-0.2, 0) is 6.42 Å². The number of rotatable bonds is 3. The lowest BCUT2D eigenvalue weighted by Crippen LogP contribution is -1.99. The zero-order valence-corrected chi connectivity index (χ0v) is 10.7. The van der Waals surface area contributed by atoms with E-state index in [0.29, 0.717) is 5.92 Å². The molecule has 0 spiro atoms. The third-order valence-electron chi connectivity index (χ3n) is 2.30. The van der Waals surface area contributed by atoms with Crippen LogP contribution in [-0.4, -0.2) is 0 Å². The smallest absolute Gasteiger partial charge is 0.0242 e. The van der Waals surface area contributed by atoms with Gasteiger partial charge in [0.05, 0.1) is 0 Å². The van der Waals surface area contributed by atoms with Crippen LogP contribution in [0.5, 0.6) is 0 Å². The van der Waals surface area contributed by atoms with E-state index in [1.165, 1.54) is 21.2 Å². The summed E-state index contributed by atoms with van der Waals surface area (Å²) in [5.41, 5.74) is 3.93. The molecule has 0 aliphatic heterocycles. The molecule has 0 amide bonds. The third kappa shape index (κ3) is 2.48. The Kier molecular flexibility index (Phi) is 3.94. The highest BCUT2D eigenvalue weighted by Crippen LogP contribution is 2.27. The quantitative estimate of drug-likeness (QED) is 0.738. The first kappa shape index (κ1) is 11.5. The Bertz CT molecular complexity index is 337. The lowest BCUT2D eigenvalue weighted by atomic mass is 9.96. The van der Waals surface area contributed by atoms with Gasteiger partial charge in [-0.15, -0.1) is 0 Å². The summed E-state index contributed by atoms with van der Waals surface area (Å²) < 4.78 is 1.24. The predicted octanol–water partition coefficient (Wildman–Crippen LogP) is 4.60. The molecule has 0 atom stereocenters. The summed E-state index contributed by atoms with van der Waals surface area (Å²) in [6.45, 7) is 10.5. The lowest BCUT2D eigenvalue weighted by Gasteiger charge is -2.13. The molecule has 1 rings (SSSR count). The Morgan fingerprint density at radius 1 is 1.43 bits per heavy atom. The van der Waals surface area contributed by atoms with Gasteiger partial charge < -0.3 is 0 Å². The predicted molar refractivity (Wildman–Crippen MR) is 67.5 cm³/mol. The summed E-state index contributed by atoms with van der Waals surface area (Å²) >= 11 is 3.65. The molecule has 0 nitrogen and oxygen atoms in total. The van der Waals surface area contributed by atoms with Gasteiger partial charge in [-0.3, -0.25) is 0 Å². The van der Waals surface area contributed by atoms with Crippen LogP contribution in [0, 0.1) is 12.8 Å². The van der Waals surface area contributed by atoms with Gasteiger partial charge in [-0.05, 0) is 36.0 Å². The normalized spacial score (nSPS) is 10.6. The first-order valence-electron chi connectivity index (χ1n) is 4.96. The van der Waals surface area contributed by atoms with Gasteiger partial charge in [0.15, 0.2) is 0 Å². The molecule has 0 heterocycles. The molecular formula is C13H17Br. The molecule has 0 saturated heterocycles. The summed E-state index contributed by atoms with van der Waals surface area (Å²) in [6, 6.07) is 4.27. The minimum atomic E-state index is 0.673. The van der Waals surface area contributed by atoms with Gasteiger partial charge in [0.1, 0.15) is 0 Å². The molecule has 1 aromatic carbocycles. The highest BCUT2D eigenvalue weighted by molar-refractivity contribution is 9.10. The monoisotopic (exact) mass is 252 g/mol. The van der Waals surface area contributed by atoms with Crippen LogP contribution in [0.15, 0.2) is 23.2 Å². The van der Waals surface area contributed by atoms with Crippen molar-refractivity contribution in [1.82, 2.24) is 0 Å². The standard InChI is InChI=1S/C13H17Br/c1-5-11-7-6-10(4)13(14)12(11)8-9(2)3/h5-7,9H,1,8H2,2-4H3. The Morgan fingerprint density at radius 3 is 2.57 bits per heavy atom. The van der Waals surface area contributed by atoms with Crippen LogP contribution in [0.2, 0.25) is 0 Å². The Morgan fingerprint density at radius 2 is 2.07 bits per heavy atom. The Hall–Kier alpha value is -0.560. The van der Waals surface area contributed by atoms with Crippen molar-refractivity contribution in [2.24, 2.45) is 5.92 Å². The van der Waals surface area contributed by atoms with Crippen LogP contribution in [0.1, 0.15) is 30.5 Å². The van der Waals surface area contributed by atoms with Crippen molar-refractivity contribution in [3.63, 3.8) is 0 Å². The van der Waals surface area contributed by atoms with Crippen molar-refractivity contribution in [3.05, 3.63) is 39.9 Å². The van der Waals surface area contributed by atoms with E-state index in [1.54, 1.807) is 0 Å². The molecule has 0 fully saturated rings. The molecule has 14 heavy (non-hydrogen) atoms. The Labute approximate surface area is 95.2 Å². The van der Waals surface area contributed by atoms with Crippen LogP contribution >= 0.6 is 15.9 Å². The van der Waals surface area contributed by atoms with Crippen molar-refractivity contribution in [2.75, 3.05) is 0 Å². The van der Waals surface area contributed by atoms with Crippen molar-refractivity contribution in [1.29, 1.82) is 0 Å². The topological polar surface area (TPSA) is 0 Å². The second-order valence-electron chi connectivity index (χ2n) is 4.07. The molecule has 76 valence electrons. The average Bonchev–Trinajstić information content (AvgIpc) is 2.13. The maximum absolute atomic E-state index is 3.85. The summed E-state index contributed by atoms with van der Waals surface area (Å²) in [5, 5.41) is 0. The maximum Gasteiger partial charge on any atom is 0.0242 e. The van der Waals surface area contributed by atoms with E-state index in [0.717, 1.165) is 6.42 Å². The largest absolute Gasteiger partial charge is 0.0985 e. The number of halogens is 1. The SMILES string of the molecule is C=Cc1ccc(C)c(Br)c1CC(C)C. The molecule has 0 saturated carbocycles. The van der Waals surface area contributed by atoms with Crippen molar-refractivity contribution >= 4 is 22.0 Å². The molecule has 0 N–H and O–H groups in total. The highest BCUT2D eigenvalue weighted by atomic mass is 79.9. The minimum Gasteiger partial charge on any atom is -0.0985 e. The third-order valence-corrected chi connectivity index (χ3v) is 3.41. The van der Waals surface area contributed by atoms with Crippen molar-refractivity contribution < 1.29 is 0 Å². The van der Waals surface area contributed by atoms with Crippen LogP contribution in [0.4, 0.5) is 0 Å². The molecule has 0 radical (unpaired) electrons. The van der Waals surface area contributed by atoms with Crippen LogP contribution in [0.3, 0.4) is 0 Å². The van der Waals surface area contributed by atoms with Gasteiger partial charge in [-0.25, -0.2) is 0 Å². The summed E-state index contributed by atoms with van der Waals surface area (Å²) in [7, 11) is 0. The molecule has 0 aliphatic carbocycles. The van der Waals surface area contributed by atoms with Crippen LogP contribution < -0.4 is 0 Å². The molecule has 0 aromatic heterocycles. The van der Waals surface area contributed by atoms with Crippen molar-refractivity contribution in [2.45, 2.75) is 27.2 Å². The van der Waals surface area contributed by atoms with Gasteiger partial charge in [0.2, 0.25) is 0 Å². The average molecular weight is 253 g/mol. The van der Waals surface area contributed by atoms with Gasteiger partial charge in [-0.2, -0.15) is 0 Å². The van der Waals surface area contributed by atoms with Gasteiger partial charge >= 0.3 is 0 Å². The molecule has 1 heteroatoms. The summed E-state index contributed by atoms with van der Waals surface area (Å²) in [6.07, 6.45) is 3.03. The Balaban J connectivity index is 3.20. The number of hydrogen-bond donors (Lipinski definition) is 0. The van der Waals surface area contributed by atoms with E-state index in [9.17, 15) is 0 Å². The number of benzene rings is 1.